The van der Waals surface area contributed by atoms with Gasteiger partial charge in [0.15, 0.2) is 0 Å². The van der Waals surface area contributed by atoms with Gasteiger partial charge in [0.05, 0.1) is 0 Å². The molecule has 0 aliphatic rings. The first-order valence-corrected chi connectivity index (χ1v) is 4.32. The van der Waals surface area contributed by atoms with E-state index in [-0.39, 0.29) is 0 Å². The number of hydrogen-bond acceptors (Lipinski definition) is 2. The van der Waals surface area contributed by atoms with Crippen molar-refractivity contribution >= 4 is 11.7 Å². The Labute approximate surface area is 85.3 Å². The minimum atomic E-state index is -0.425. The molecule has 0 radical (unpaired) electrons. The predicted octanol–water partition coefficient (Wildman–Crippen LogP) is 2.10. The molecule has 5 heteroatoms. The number of nitrogens with zero attached hydrogens (tertiary/aromatic N) is 2. The monoisotopic (exact) mass is 205 g/mol. The predicted molar refractivity (Wildman–Crippen MR) is 53.0 cm³/mol. The Bertz CT molecular complexity index is 467. The van der Waals surface area contributed by atoms with Gasteiger partial charge in [0.25, 0.3) is 0 Å². The molecule has 4 nitrogen and oxygen atoms in total. The van der Waals surface area contributed by atoms with E-state index in [1.165, 1.54) is 30.6 Å². The molecule has 0 saturated heterocycles. The molecule has 0 bridgehead atoms. The number of benzene rings is 1. The van der Waals surface area contributed by atoms with Crippen LogP contribution < -0.4 is 5.32 Å². The number of aromatic nitrogens is 2. The van der Waals surface area contributed by atoms with Gasteiger partial charge in [-0.25, -0.2) is 9.18 Å². The summed E-state index contributed by atoms with van der Waals surface area (Å²) in [5, 5.41) is 6.25. The molecule has 15 heavy (non-hydrogen) atoms. The van der Waals surface area contributed by atoms with Crippen molar-refractivity contribution < 1.29 is 9.18 Å². The van der Waals surface area contributed by atoms with Crippen molar-refractivity contribution in [2.75, 3.05) is 5.32 Å². The van der Waals surface area contributed by atoms with E-state index in [0.29, 0.717) is 5.69 Å². The maximum absolute atomic E-state index is 12.8. The number of hydrogen-bond donors (Lipinski definition) is 1. The molecule has 0 fully saturated rings. The highest BCUT2D eigenvalue weighted by atomic mass is 19.1. The summed E-state index contributed by atoms with van der Waals surface area (Å²) in [4.78, 5) is 11.5. The van der Waals surface area contributed by atoms with Crippen LogP contribution in [0.2, 0.25) is 0 Å². The largest absolute Gasteiger partial charge is 0.346 e. The number of anilines is 1. The average Bonchev–Trinajstić information content (AvgIpc) is 2.70. The quantitative estimate of drug-likeness (QED) is 0.774. The van der Waals surface area contributed by atoms with E-state index in [9.17, 15) is 9.18 Å². The maximum Gasteiger partial charge on any atom is 0.346 e. The lowest BCUT2D eigenvalue weighted by Crippen LogP contribution is -2.19. The van der Waals surface area contributed by atoms with Gasteiger partial charge >= 0.3 is 6.03 Å². The van der Waals surface area contributed by atoms with Crippen molar-refractivity contribution in [3.63, 3.8) is 0 Å². The fraction of sp³-hybridized carbons (Fsp3) is 0. The smallest absolute Gasteiger partial charge is 0.306 e. The van der Waals surface area contributed by atoms with Crippen LogP contribution in [0.25, 0.3) is 0 Å². The van der Waals surface area contributed by atoms with Crippen molar-refractivity contribution in [2.24, 2.45) is 0 Å². The summed E-state index contributed by atoms with van der Waals surface area (Å²) in [5.41, 5.74) is 0.399. The molecule has 2 rings (SSSR count). The summed E-state index contributed by atoms with van der Waals surface area (Å²) in [5.74, 6) is -0.395. The SMILES string of the molecule is O=C(Nc1cccc(F)c1)n1cccn1. The number of carbonyl (C=O) groups excluding carboxylic acids is 1. The second-order valence-corrected chi connectivity index (χ2v) is 2.89. The topological polar surface area (TPSA) is 46.9 Å². The van der Waals surface area contributed by atoms with Gasteiger partial charge in [-0.05, 0) is 24.3 Å². The van der Waals surface area contributed by atoms with E-state index >= 15 is 0 Å². The molecule has 0 spiro atoms. The summed E-state index contributed by atoms with van der Waals surface area (Å²) in [6, 6.07) is 6.87. The first-order valence-electron chi connectivity index (χ1n) is 4.32. The minimum absolute atomic E-state index is 0.395. The Morgan fingerprint density at radius 2 is 2.27 bits per heavy atom. The first-order chi connectivity index (χ1) is 7.25. The van der Waals surface area contributed by atoms with Gasteiger partial charge in [-0.3, -0.25) is 0 Å². The van der Waals surface area contributed by atoms with E-state index < -0.39 is 11.8 Å². The van der Waals surface area contributed by atoms with Gasteiger partial charge in [-0.15, -0.1) is 0 Å². The van der Waals surface area contributed by atoms with E-state index in [1.807, 2.05) is 0 Å². The van der Waals surface area contributed by atoms with E-state index in [2.05, 4.69) is 10.4 Å². The molecule has 0 saturated carbocycles. The fourth-order valence-electron chi connectivity index (χ4n) is 1.14. The summed E-state index contributed by atoms with van der Waals surface area (Å²) >= 11 is 0. The zero-order chi connectivity index (χ0) is 10.7. The molecule has 1 amide bonds. The molecule has 0 atom stereocenters. The van der Waals surface area contributed by atoms with Crippen LogP contribution in [0, 0.1) is 5.82 Å². The second kappa shape index (κ2) is 3.91. The summed E-state index contributed by atoms with van der Waals surface area (Å²) in [7, 11) is 0. The Kier molecular flexibility index (Phi) is 2.45. The molecule has 1 N–H and O–H groups in total. The van der Waals surface area contributed by atoms with Crippen LogP contribution in [0.15, 0.2) is 42.7 Å². The molecule has 1 heterocycles. The zero-order valence-electron chi connectivity index (χ0n) is 7.72. The molecule has 0 aliphatic carbocycles. The highest BCUT2D eigenvalue weighted by molar-refractivity contribution is 5.90. The van der Waals surface area contributed by atoms with Gasteiger partial charge < -0.3 is 5.32 Å². The third-order valence-corrected chi connectivity index (χ3v) is 1.79. The zero-order valence-corrected chi connectivity index (χ0v) is 7.72. The van der Waals surface area contributed by atoms with Crippen LogP contribution >= 0.6 is 0 Å². The highest BCUT2D eigenvalue weighted by Gasteiger charge is 2.04. The van der Waals surface area contributed by atoms with Gasteiger partial charge in [0, 0.05) is 18.1 Å². The number of halogens is 1. The highest BCUT2D eigenvalue weighted by Crippen LogP contribution is 2.09. The average molecular weight is 205 g/mol. The minimum Gasteiger partial charge on any atom is -0.306 e. The fourth-order valence-corrected chi connectivity index (χ4v) is 1.14. The van der Waals surface area contributed by atoms with Crippen LogP contribution in [-0.4, -0.2) is 15.8 Å². The van der Waals surface area contributed by atoms with Gasteiger partial charge in [-0.1, -0.05) is 6.07 Å². The van der Waals surface area contributed by atoms with Gasteiger partial charge in [0.2, 0.25) is 0 Å². The van der Waals surface area contributed by atoms with Crippen molar-refractivity contribution in [3.8, 4) is 0 Å². The lowest BCUT2D eigenvalue weighted by atomic mass is 10.3. The van der Waals surface area contributed by atoms with Crippen LogP contribution in [0.5, 0.6) is 0 Å². The molecule has 1 aromatic heterocycles. The third-order valence-electron chi connectivity index (χ3n) is 1.79. The van der Waals surface area contributed by atoms with Gasteiger partial charge in [-0.2, -0.15) is 9.78 Å². The van der Waals surface area contributed by atoms with Crippen molar-refractivity contribution in [3.05, 3.63) is 48.5 Å². The standard InChI is InChI=1S/C10H8FN3O/c11-8-3-1-4-9(7-8)13-10(15)14-6-2-5-12-14/h1-7H,(H,13,15). The molecule has 0 unspecified atom stereocenters. The van der Waals surface area contributed by atoms with Crippen LogP contribution in [0.4, 0.5) is 14.9 Å². The van der Waals surface area contributed by atoms with Crippen LogP contribution in [0.3, 0.4) is 0 Å². The summed E-state index contributed by atoms with van der Waals surface area (Å²) < 4.78 is 13.9. The molecular formula is C10H8FN3O. The van der Waals surface area contributed by atoms with Crippen LogP contribution in [-0.2, 0) is 0 Å². The lowest BCUT2D eigenvalue weighted by molar-refractivity contribution is 0.251. The Morgan fingerprint density at radius 3 is 2.93 bits per heavy atom. The number of rotatable bonds is 1. The summed E-state index contributed by atoms with van der Waals surface area (Å²) in [6.07, 6.45) is 3.00. The third kappa shape index (κ3) is 2.19. The number of carbonyl (C=O) groups is 1. The normalized spacial score (nSPS) is 9.93. The van der Waals surface area contributed by atoms with Crippen molar-refractivity contribution in [1.29, 1.82) is 0 Å². The van der Waals surface area contributed by atoms with E-state index in [1.54, 1.807) is 12.1 Å². The van der Waals surface area contributed by atoms with Crippen LogP contribution in [0.1, 0.15) is 0 Å². The lowest BCUT2D eigenvalue weighted by Gasteiger charge is -2.03. The molecule has 1 aromatic carbocycles. The van der Waals surface area contributed by atoms with E-state index in [0.717, 1.165) is 4.68 Å². The van der Waals surface area contributed by atoms with Gasteiger partial charge in [0.1, 0.15) is 5.82 Å². The molecule has 76 valence electrons. The number of nitrogens with one attached hydrogen (secondary N) is 1. The van der Waals surface area contributed by atoms with Crippen molar-refractivity contribution in [2.45, 2.75) is 0 Å². The number of amides is 1. The second-order valence-electron chi connectivity index (χ2n) is 2.89. The molecule has 0 aliphatic heterocycles. The van der Waals surface area contributed by atoms with E-state index in [4.69, 9.17) is 0 Å². The Hall–Kier alpha value is -2.17. The maximum atomic E-state index is 12.8. The molecule has 2 aromatic rings. The Morgan fingerprint density at radius 1 is 1.40 bits per heavy atom. The Balaban J connectivity index is 2.13. The van der Waals surface area contributed by atoms with Crippen molar-refractivity contribution in [1.82, 2.24) is 9.78 Å². The molecular weight excluding hydrogens is 197 g/mol. The summed E-state index contributed by atoms with van der Waals surface area (Å²) in [6.45, 7) is 0. The first kappa shape index (κ1) is 9.39.